The Morgan fingerprint density at radius 1 is 1.11 bits per heavy atom. The van der Waals surface area contributed by atoms with Gasteiger partial charge >= 0.3 is 0 Å². The smallest absolute Gasteiger partial charge is 0.266 e. The number of amides is 3. The van der Waals surface area contributed by atoms with Gasteiger partial charge < -0.3 is 0 Å². The number of nitrogens with zero attached hydrogens (tertiary/aromatic N) is 1. The summed E-state index contributed by atoms with van der Waals surface area (Å²) in [5.41, 5.74) is 6.31. The van der Waals surface area contributed by atoms with Crippen LogP contribution in [0.15, 0.2) is 48.5 Å². The molecule has 1 aliphatic rings. The zero-order chi connectivity index (χ0) is 19.4. The van der Waals surface area contributed by atoms with Crippen molar-refractivity contribution in [3.8, 4) is 0 Å². The van der Waals surface area contributed by atoms with Gasteiger partial charge in [-0.25, -0.2) is 5.43 Å². The van der Waals surface area contributed by atoms with E-state index in [1.807, 2.05) is 30.3 Å². The van der Waals surface area contributed by atoms with Gasteiger partial charge in [0.25, 0.3) is 5.91 Å². The lowest BCUT2D eigenvalue weighted by molar-refractivity contribution is -0.138. The fourth-order valence-corrected chi connectivity index (χ4v) is 3.30. The predicted octanol–water partition coefficient (Wildman–Crippen LogP) is 2.60. The van der Waals surface area contributed by atoms with E-state index in [0.717, 1.165) is 5.56 Å². The summed E-state index contributed by atoms with van der Waals surface area (Å²) < 4.78 is 0. The van der Waals surface area contributed by atoms with E-state index in [9.17, 15) is 14.4 Å². The number of carbonyl (C=O) groups is 3. The number of carbonyl (C=O) groups excluding carboxylic acids is 3. The van der Waals surface area contributed by atoms with Gasteiger partial charge in [0, 0.05) is 11.6 Å². The number of hydrogen-bond donors (Lipinski definition) is 2. The van der Waals surface area contributed by atoms with Crippen LogP contribution in [0.3, 0.4) is 0 Å². The van der Waals surface area contributed by atoms with Gasteiger partial charge in [-0.3, -0.25) is 24.7 Å². The number of rotatable bonds is 6. The van der Waals surface area contributed by atoms with Crippen LogP contribution < -0.4 is 10.9 Å². The number of imide groups is 1. The average Bonchev–Trinajstić information content (AvgIpc) is 2.92. The van der Waals surface area contributed by atoms with E-state index in [-0.39, 0.29) is 28.8 Å². The molecule has 140 valence electrons. The molecule has 8 heteroatoms. The van der Waals surface area contributed by atoms with Gasteiger partial charge in [-0.05, 0) is 30.2 Å². The van der Waals surface area contributed by atoms with Crippen molar-refractivity contribution < 1.29 is 14.4 Å². The van der Waals surface area contributed by atoms with Crippen molar-refractivity contribution >= 4 is 40.9 Å². The second-order valence-electron chi connectivity index (χ2n) is 6.10. The monoisotopic (exact) mass is 405 g/mol. The number of hydrogen-bond acceptors (Lipinski definition) is 4. The topological polar surface area (TPSA) is 78.5 Å². The number of halogens is 2. The van der Waals surface area contributed by atoms with E-state index < -0.39 is 11.9 Å². The van der Waals surface area contributed by atoms with Gasteiger partial charge in [-0.2, -0.15) is 0 Å². The first-order chi connectivity index (χ1) is 13.0. The molecular formula is C19H17Cl2N3O3. The predicted molar refractivity (Wildman–Crippen MR) is 102 cm³/mol. The molecule has 6 nitrogen and oxygen atoms in total. The third kappa shape index (κ3) is 4.66. The summed E-state index contributed by atoms with van der Waals surface area (Å²) >= 11 is 11.8. The minimum atomic E-state index is -0.803. The first kappa shape index (κ1) is 19.4. The number of hydrazine groups is 1. The van der Waals surface area contributed by atoms with Gasteiger partial charge in [0.05, 0.1) is 17.0 Å². The SMILES string of the molecule is O=C(NN[C@H]1CC(=O)N(CCc2ccccc2)C1=O)c1ccc(Cl)cc1Cl. The van der Waals surface area contributed by atoms with Crippen LogP contribution in [-0.4, -0.2) is 35.2 Å². The fraction of sp³-hybridized carbons (Fsp3) is 0.211. The molecule has 1 atom stereocenters. The highest BCUT2D eigenvalue weighted by Crippen LogP contribution is 2.21. The van der Waals surface area contributed by atoms with Gasteiger partial charge in [-0.1, -0.05) is 53.5 Å². The first-order valence-electron chi connectivity index (χ1n) is 8.35. The highest BCUT2D eigenvalue weighted by atomic mass is 35.5. The quantitative estimate of drug-likeness (QED) is 0.571. The molecule has 27 heavy (non-hydrogen) atoms. The average molecular weight is 406 g/mol. The van der Waals surface area contributed by atoms with Crippen LogP contribution in [0.1, 0.15) is 22.3 Å². The Morgan fingerprint density at radius 2 is 1.85 bits per heavy atom. The Labute approximate surface area is 166 Å². The van der Waals surface area contributed by atoms with E-state index in [1.165, 1.54) is 23.1 Å². The van der Waals surface area contributed by atoms with E-state index in [0.29, 0.717) is 18.0 Å². The normalized spacial score (nSPS) is 16.7. The number of nitrogens with one attached hydrogen (secondary N) is 2. The summed E-state index contributed by atoms with van der Waals surface area (Å²) in [6.07, 6.45) is 0.569. The molecule has 1 fully saturated rings. The van der Waals surface area contributed by atoms with Gasteiger partial charge in [-0.15, -0.1) is 0 Å². The Bertz CT molecular complexity index is 874. The summed E-state index contributed by atoms with van der Waals surface area (Å²) in [5, 5.41) is 0.607. The van der Waals surface area contributed by atoms with Gasteiger partial charge in [0.2, 0.25) is 11.8 Å². The molecule has 2 aromatic rings. The summed E-state index contributed by atoms with van der Waals surface area (Å²) in [6.45, 7) is 0.302. The molecule has 0 bridgehead atoms. The Hall–Kier alpha value is -2.41. The van der Waals surface area contributed by atoms with Crippen LogP contribution >= 0.6 is 23.2 Å². The van der Waals surface area contributed by atoms with Crippen molar-refractivity contribution in [3.05, 3.63) is 69.7 Å². The van der Waals surface area contributed by atoms with E-state index in [4.69, 9.17) is 23.2 Å². The molecule has 1 heterocycles. The summed E-state index contributed by atoms with van der Waals surface area (Å²) in [7, 11) is 0. The lowest BCUT2D eigenvalue weighted by Gasteiger charge is -2.16. The third-order valence-corrected chi connectivity index (χ3v) is 4.79. The Kier molecular flexibility index (Phi) is 6.11. The zero-order valence-electron chi connectivity index (χ0n) is 14.2. The zero-order valence-corrected chi connectivity index (χ0v) is 15.8. The second kappa shape index (κ2) is 8.52. The van der Waals surface area contributed by atoms with Crippen LogP contribution in [0.4, 0.5) is 0 Å². The maximum absolute atomic E-state index is 12.4. The first-order valence-corrected chi connectivity index (χ1v) is 9.10. The summed E-state index contributed by atoms with van der Waals surface area (Å²) in [4.78, 5) is 38.0. The molecule has 1 aliphatic heterocycles. The molecule has 3 amide bonds. The van der Waals surface area contributed by atoms with Crippen molar-refractivity contribution in [3.63, 3.8) is 0 Å². The number of benzene rings is 2. The molecule has 2 N–H and O–H groups in total. The molecule has 0 radical (unpaired) electrons. The minimum Gasteiger partial charge on any atom is -0.287 e. The standard InChI is InChI=1S/C19H17Cl2N3O3/c20-13-6-7-14(15(21)10-13)18(26)23-22-16-11-17(25)24(19(16)27)9-8-12-4-2-1-3-5-12/h1-7,10,16,22H,8-9,11H2,(H,23,26)/t16-/m0/s1. The van der Waals surface area contributed by atoms with Crippen molar-refractivity contribution in [2.45, 2.75) is 18.9 Å². The summed E-state index contributed by atoms with van der Waals surface area (Å²) in [6, 6.07) is 13.3. The van der Waals surface area contributed by atoms with Crippen LogP contribution in [0.5, 0.6) is 0 Å². The van der Waals surface area contributed by atoms with Crippen LogP contribution in [0.2, 0.25) is 10.0 Å². The lowest BCUT2D eigenvalue weighted by atomic mass is 10.1. The van der Waals surface area contributed by atoms with Crippen molar-refractivity contribution in [1.82, 2.24) is 15.8 Å². The molecule has 0 spiro atoms. The Balaban J connectivity index is 1.56. The van der Waals surface area contributed by atoms with Crippen LogP contribution in [0.25, 0.3) is 0 Å². The largest absolute Gasteiger partial charge is 0.287 e. The maximum atomic E-state index is 12.4. The van der Waals surface area contributed by atoms with Crippen molar-refractivity contribution in [1.29, 1.82) is 0 Å². The van der Waals surface area contributed by atoms with Crippen molar-refractivity contribution in [2.75, 3.05) is 6.54 Å². The molecule has 0 saturated carbocycles. The van der Waals surface area contributed by atoms with Crippen LogP contribution in [0, 0.1) is 0 Å². The van der Waals surface area contributed by atoms with Gasteiger partial charge in [0.15, 0.2) is 0 Å². The highest BCUT2D eigenvalue weighted by Gasteiger charge is 2.38. The molecule has 3 rings (SSSR count). The van der Waals surface area contributed by atoms with E-state index in [2.05, 4.69) is 10.9 Å². The molecule has 0 aromatic heterocycles. The Morgan fingerprint density at radius 3 is 2.56 bits per heavy atom. The highest BCUT2D eigenvalue weighted by molar-refractivity contribution is 6.36. The second-order valence-corrected chi connectivity index (χ2v) is 6.94. The van der Waals surface area contributed by atoms with Crippen LogP contribution in [-0.2, 0) is 16.0 Å². The molecule has 0 aliphatic carbocycles. The molecular weight excluding hydrogens is 389 g/mol. The van der Waals surface area contributed by atoms with Gasteiger partial charge in [0.1, 0.15) is 6.04 Å². The summed E-state index contributed by atoms with van der Waals surface area (Å²) in [5.74, 6) is -1.15. The third-order valence-electron chi connectivity index (χ3n) is 4.25. The maximum Gasteiger partial charge on any atom is 0.266 e. The minimum absolute atomic E-state index is 0.0117. The number of likely N-dealkylation sites (tertiary alicyclic amines) is 1. The lowest BCUT2D eigenvalue weighted by Crippen LogP contribution is -2.48. The van der Waals surface area contributed by atoms with E-state index in [1.54, 1.807) is 0 Å². The molecule has 0 unspecified atom stereocenters. The molecule has 2 aromatic carbocycles. The molecule has 1 saturated heterocycles. The fourth-order valence-electron chi connectivity index (χ4n) is 2.81. The van der Waals surface area contributed by atoms with Crippen molar-refractivity contribution in [2.24, 2.45) is 0 Å². The van der Waals surface area contributed by atoms with E-state index >= 15 is 0 Å².